The molecular weight excluding hydrogens is 425 g/mol. The molecule has 0 aliphatic carbocycles. The van der Waals surface area contributed by atoms with Crippen LogP contribution in [0.25, 0.3) is 0 Å². The van der Waals surface area contributed by atoms with Crippen molar-refractivity contribution in [2.24, 2.45) is 0 Å². The molecule has 0 aromatic carbocycles. The van der Waals surface area contributed by atoms with Gasteiger partial charge in [-0.2, -0.15) is 10.2 Å². The number of hydrogen-bond donors (Lipinski definition) is 1. The summed E-state index contributed by atoms with van der Waals surface area (Å²) in [6.45, 7) is 6.94. The Hall–Kier alpha value is -1.96. The maximum atomic E-state index is 12.3. The molecule has 0 aliphatic rings. The largest absolute Gasteiger partial charge is 0.454 e. The predicted octanol–water partition coefficient (Wildman–Crippen LogP) is 4.43. The van der Waals surface area contributed by atoms with Crippen molar-refractivity contribution in [3.63, 3.8) is 0 Å². The molecule has 0 bridgehead atoms. The van der Waals surface area contributed by atoms with Crippen molar-refractivity contribution < 1.29 is 9.21 Å². The minimum Gasteiger partial charge on any atom is -0.454 e. The van der Waals surface area contributed by atoms with Crippen molar-refractivity contribution in [3.8, 4) is 0 Å². The highest BCUT2D eigenvalue weighted by Gasteiger charge is 2.15. The van der Waals surface area contributed by atoms with Crippen LogP contribution in [-0.2, 0) is 13.1 Å². The van der Waals surface area contributed by atoms with E-state index in [2.05, 4.69) is 15.5 Å². The van der Waals surface area contributed by atoms with Crippen LogP contribution in [0.15, 0.2) is 16.5 Å². The van der Waals surface area contributed by atoms with Gasteiger partial charge in [0, 0.05) is 13.1 Å². The number of carbonyl (C=O) groups is 1. The van der Waals surface area contributed by atoms with Gasteiger partial charge in [0.2, 0.25) is 0 Å². The van der Waals surface area contributed by atoms with E-state index < -0.39 is 0 Å². The van der Waals surface area contributed by atoms with E-state index in [0.717, 1.165) is 11.4 Å². The van der Waals surface area contributed by atoms with Crippen LogP contribution >= 0.6 is 34.8 Å². The van der Waals surface area contributed by atoms with E-state index in [-0.39, 0.29) is 11.7 Å². The number of hydrogen-bond acceptors (Lipinski definition) is 4. The Kier molecular flexibility index (Phi) is 6.37. The molecule has 0 saturated carbocycles. The predicted molar refractivity (Wildman–Crippen MR) is 108 cm³/mol. The van der Waals surface area contributed by atoms with Crippen molar-refractivity contribution in [1.29, 1.82) is 0 Å². The second-order valence-corrected chi connectivity index (χ2v) is 7.55. The first-order valence-corrected chi connectivity index (χ1v) is 9.86. The number of rotatable bonds is 7. The van der Waals surface area contributed by atoms with Crippen molar-refractivity contribution in [2.45, 2.75) is 40.3 Å². The standard InChI is InChI=1S/C18H20Cl3N5O2/c1-10-15(19)12(3)26(24-10)9-13-5-6-14(28-13)18(27)22-7-4-8-25-17(21)16(20)11(2)23-25/h5-6H,4,7-9H2,1-3H3,(H,22,27). The molecule has 3 aromatic rings. The summed E-state index contributed by atoms with van der Waals surface area (Å²) in [5.74, 6) is 0.595. The van der Waals surface area contributed by atoms with Crippen LogP contribution in [0.2, 0.25) is 15.2 Å². The molecule has 0 fully saturated rings. The van der Waals surface area contributed by atoms with Gasteiger partial charge in [-0.05, 0) is 39.3 Å². The van der Waals surface area contributed by atoms with Crippen LogP contribution in [0.1, 0.15) is 39.8 Å². The van der Waals surface area contributed by atoms with Crippen LogP contribution in [-0.4, -0.2) is 32.0 Å². The summed E-state index contributed by atoms with van der Waals surface area (Å²) >= 11 is 18.3. The number of carbonyl (C=O) groups excluding carboxylic acids is 1. The van der Waals surface area contributed by atoms with Crippen molar-refractivity contribution in [3.05, 3.63) is 55.9 Å². The molecule has 7 nitrogen and oxygen atoms in total. The summed E-state index contributed by atoms with van der Waals surface area (Å²) in [5, 5.41) is 12.9. The van der Waals surface area contributed by atoms with Crippen molar-refractivity contribution in [1.82, 2.24) is 24.9 Å². The fraction of sp³-hybridized carbons (Fsp3) is 0.389. The zero-order valence-electron chi connectivity index (χ0n) is 15.7. The van der Waals surface area contributed by atoms with Gasteiger partial charge in [0.05, 0.1) is 28.6 Å². The van der Waals surface area contributed by atoms with Crippen molar-refractivity contribution in [2.75, 3.05) is 6.54 Å². The van der Waals surface area contributed by atoms with Crippen LogP contribution in [0, 0.1) is 20.8 Å². The fourth-order valence-electron chi connectivity index (χ4n) is 2.76. The highest BCUT2D eigenvalue weighted by atomic mass is 35.5. The van der Waals surface area contributed by atoms with Gasteiger partial charge in [-0.3, -0.25) is 14.2 Å². The Labute approximate surface area is 177 Å². The number of nitrogens with zero attached hydrogens (tertiary/aromatic N) is 4. The average Bonchev–Trinajstić information content (AvgIpc) is 3.30. The van der Waals surface area contributed by atoms with Gasteiger partial charge in [0.1, 0.15) is 15.9 Å². The Morgan fingerprint density at radius 3 is 2.36 bits per heavy atom. The molecule has 1 amide bonds. The first-order chi connectivity index (χ1) is 13.3. The maximum Gasteiger partial charge on any atom is 0.286 e. The zero-order valence-corrected chi connectivity index (χ0v) is 18.0. The summed E-state index contributed by atoms with van der Waals surface area (Å²) in [5.41, 5.74) is 2.30. The summed E-state index contributed by atoms with van der Waals surface area (Å²) < 4.78 is 9.01. The molecular formula is C18H20Cl3N5O2. The smallest absolute Gasteiger partial charge is 0.286 e. The molecule has 3 aromatic heterocycles. The highest BCUT2D eigenvalue weighted by Crippen LogP contribution is 2.25. The van der Waals surface area contributed by atoms with E-state index in [4.69, 9.17) is 39.2 Å². The normalized spacial score (nSPS) is 11.2. The Morgan fingerprint density at radius 2 is 1.75 bits per heavy atom. The molecule has 150 valence electrons. The van der Waals surface area contributed by atoms with Crippen LogP contribution in [0.3, 0.4) is 0 Å². The minimum atomic E-state index is -0.279. The summed E-state index contributed by atoms with van der Waals surface area (Å²) in [7, 11) is 0. The van der Waals surface area contributed by atoms with Crippen LogP contribution in [0.4, 0.5) is 0 Å². The molecule has 0 atom stereocenters. The molecule has 0 spiro atoms. The van der Waals surface area contributed by atoms with Crippen LogP contribution in [0.5, 0.6) is 0 Å². The lowest BCUT2D eigenvalue weighted by Crippen LogP contribution is -2.25. The van der Waals surface area contributed by atoms with Crippen molar-refractivity contribution >= 4 is 40.7 Å². The quantitative estimate of drug-likeness (QED) is 0.547. The lowest BCUT2D eigenvalue weighted by molar-refractivity contribution is 0.0923. The molecule has 0 unspecified atom stereocenters. The van der Waals surface area contributed by atoms with Gasteiger partial charge in [0.15, 0.2) is 5.76 Å². The van der Waals surface area contributed by atoms with Gasteiger partial charge in [0.25, 0.3) is 5.91 Å². The van der Waals surface area contributed by atoms with E-state index in [0.29, 0.717) is 52.7 Å². The van der Waals surface area contributed by atoms with E-state index >= 15 is 0 Å². The maximum absolute atomic E-state index is 12.3. The lowest BCUT2D eigenvalue weighted by atomic mass is 10.3. The van der Waals surface area contributed by atoms with E-state index in [1.165, 1.54) is 0 Å². The molecule has 3 heterocycles. The van der Waals surface area contributed by atoms with Gasteiger partial charge in [-0.25, -0.2) is 0 Å². The van der Waals surface area contributed by atoms with E-state index in [1.54, 1.807) is 28.4 Å². The number of nitrogens with one attached hydrogen (secondary N) is 1. The number of amides is 1. The second kappa shape index (κ2) is 8.59. The summed E-state index contributed by atoms with van der Waals surface area (Å²) in [4.78, 5) is 12.3. The molecule has 0 saturated heterocycles. The Morgan fingerprint density at radius 1 is 1.07 bits per heavy atom. The zero-order chi connectivity index (χ0) is 20.4. The highest BCUT2D eigenvalue weighted by molar-refractivity contribution is 6.41. The average molecular weight is 445 g/mol. The molecule has 3 rings (SSSR count). The fourth-order valence-corrected chi connectivity index (χ4v) is 3.29. The third kappa shape index (κ3) is 4.37. The topological polar surface area (TPSA) is 77.9 Å². The van der Waals surface area contributed by atoms with Gasteiger partial charge in [-0.1, -0.05) is 34.8 Å². The molecule has 1 N–H and O–H groups in total. The third-order valence-electron chi connectivity index (χ3n) is 4.31. The summed E-state index contributed by atoms with van der Waals surface area (Å²) in [6.07, 6.45) is 0.654. The van der Waals surface area contributed by atoms with Gasteiger partial charge < -0.3 is 9.73 Å². The number of halogens is 3. The number of aryl methyl sites for hydroxylation is 3. The minimum absolute atomic E-state index is 0.249. The third-order valence-corrected chi connectivity index (χ3v) is 5.79. The molecule has 0 radical (unpaired) electrons. The van der Waals surface area contributed by atoms with E-state index in [9.17, 15) is 4.79 Å². The molecule has 0 aliphatic heterocycles. The van der Waals surface area contributed by atoms with E-state index in [1.807, 2.05) is 13.8 Å². The Balaban J connectivity index is 1.51. The second-order valence-electron chi connectivity index (χ2n) is 6.43. The number of furan rings is 1. The first kappa shape index (κ1) is 20.8. The SMILES string of the molecule is Cc1nn(Cc2ccc(C(=O)NCCCn3nc(C)c(Cl)c3Cl)o2)c(C)c1Cl. The molecule has 28 heavy (non-hydrogen) atoms. The monoisotopic (exact) mass is 443 g/mol. The molecule has 10 heteroatoms. The van der Waals surface area contributed by atoms with Gasteiger partial charge >= 0.3 is 0 Å². The summed E-state index contributed by atoms with van der Waals surface area (Å²) in [6, 6.07) is 3.40. The lowest BCUT2D eigenvalue weighted by Gasteiger charge is -2.05. The van der Waals surface area contributed by atoms with Crippen LogP contribution < -0.4 is 5.32 Å². The Bertz CT molecular complexity index is 1010. The van der Waals surface area contributed by atoms with Gasteiger partial charge in [-0.15, -0.1) is 0 Å². The first-order valence-electron chi connectivity index (χ1n) is 8.72. The number of aromatic nitrogens is 4.